The Kier molecular flexibility index (Phi) is 3.35. The Morgan fingerprint density at radius 1 is 1.21 bits per heavy atom. The van der Waals surface area contributed by atoms with Crippen LogP contribution in [0.15, 0.2) is 18.2 Å². The molecule has 2 saturated heterocycles. The molecule has 3 N–H and O–H groups in total. The van der Waals surface area contributed by atoms with E-state index in [2.05, 4.69) is 4.90 Å². The molecule has 0 bridgehead atoms. The number of rotatable bonds is 2. The van der Waals surface area contributed by atoms with Gasteiger partial charge < -0.3 is 20.3 Å². The fraction of sp³-hybridized carbons (Fsp3) is 0.571. The normalized spacial score (nSPS) is 22.9. The quantitative estimate of drug-likeness (QED) is 0.623. The van der Waals surface area contributed by atoms with E-state index in [1.165, 1.54) is 0 Å². The van der Waals surface area contributed by atoms with E-state index >= 15 is 0 Å². The molecule has 0 amide bonds. The number of hydrogen-bond acceptors (Lipinski definition) is 5. The molecule has 1 spiro atoms. The number of nitrogen functional groups attached to an aromatic ring is 1. The van der Waals surface area contributed by atoms with E-state index in [1.807, 2.05) is 6.07 Å². The highest BCUT2D eigenvalue weighted by atomic mass is 16.7. The third-order valence-electron chi connectivity index (χ3n) is 3.93. The fourth-order valence-electron chi connectivity index (χ4n) is 2.81. The average molecular weight is 264 g/mol. The van der Waals surface area contributed by atoms with Gasteiger partial charge in [0.1, 0.15) is 5.75 Å². The van der Waals surface area contributed by atoms with Crippen LogP contribution in [0.5, 0.6) is 5.75 Å². The molecule has 0 unspecified atom stereocenters. The summed E-state index contributed by atoms with van der Waals surface area (Å²) in [7, 11) is 0. The van der Waals surface area contributed by atoms with E-state index in [9.17, 15) is 5.11 Å². The van der Waals surface area contributed by atoms with Gasteiger partial charge in [0.05, 0.1) is 13.2 Å². The van der Waals surface area contributed by atoms with Crippen molar-refractivity contribution in [1.29, 1.82) is 0 Å². The van der Waals surface area contributed by atoms with Crippen LogP contribution in [-0.2, 0) is 16.0 Å². The highest BCUT2D eigenvalue weighted by Crippen LogP contribution is 2.32. The van der Waals surface area contributed by atoms with Gasteiger partial charge in [-0.3, -0.25) is 4.90 Å². The van der Waals surface area contributed by atoms with Crippen molar-refractivity contribution in [2.75, 3.05) is 32.0 Å². The first-order chi connectivity index (χ1) is 9.17. The lowest BCUT2D eigenvalue weighted by Gasteiger charge is -2.37. The molecule has 104 valence electrons. The van der Waals surface area contributed by atoms with Gasteiger partial charge in [-0.25, -0.2) is 0 Å². The van der Waals surface area contributed by atoms with E-state index < -0.39 is 0 Å². The van der Waals surface area contributed by atoms with Gasteiger partial charge in [0, 0.05) is 43.7 Å². The fourth-order valence-corrected chi connectivity index (χ4v) is 2.81. The van der Waals surface area contributed by atoms with Gasteiger partial charge in [0.2, 0.25) is 0 Å². The summed E-state index contributed by atoms with van der Waals surface area (Å²) in [5.41, 5.74) is 7.32. The zero-order chi connectivity index (χ0) is 13.3. The molecule has 5 nitrogen and oxygen atoms in total. The van der Waals surface area contributed by atoms with Crippen LogP contribution in [0.25, 0.3) is 0 Å². The van der Waals surface area contributed by atoms with Crippen molar-refractivity contribution >= 4 is 5.69 Å². The lowest BCUT2D eigenvalue weighted by atomic mass is 10.0. The molecule has 0 radical (unpaired) electrons. The number of anilines is 1. The molecule has 1 aromatic carbocycles. The summed E-state index contributed by atoms with van der Waals surface area (Å²) in [6, 6.07) is 5.20. The van der Waals surface area contributed by atoms with Gasteiger partial charge in [-0.1, -0.05) is 0 Å². The Morgan fingerprint density at radius 3 is 2.58 bits per heavy atom. The zero-order valence-corrected chi connectivity index (χ0v) is 11.0. The second-order valence-corrected chi connectivity index (χ2v) is 5.27. The second kappa shape index (κ2) is 5.00. The summed E-state index contributed by atoms with van der Waals surface area (Å²) in [4.78, 5) is 2.30. The average Bonchev–Trinajstić information content (AvgIpc) is 2.85. The Balaban J connectivity index is 1.61. The maximum Gasteiger partial charge on any atom is 0.170 e. The van der Waals surface area contributed by atoms with Crippen molar-refractivity contribution in [3.63, 3.8) is 0 Å². The van der Waals surface area contributed by atoms with E-state index in [0.29, 0.717) is 31.2 Å². The topological polar surface area (TPSA) is 68.0 Å². The van der Waals surface area contributed by atoms with Crippen LogP contribution in [0.4, 0.5) is 5.69 Å². The van der Waals surface area contributed by atoms with Crippen molar-refractivity contribution < 1.29 is 14.6 Å². The number of nitrogens with zero attached hydrogens (tertiary/aromatic N) is 1. The largest absolute Gasteiger partial charge is 0.508 e. The molecule has 0 aromatic heterocycles. The SMILES string of the molecule is Nc1ccc(O)c(CN2CCC3(CC2)OCCO3)c1. The number of hydrogen-bond donors (Lipinski definition) is 2. The molecule has 0 atom stereocenters. The summed E-state index contributed by atoms with van der Waals surface area (Å²) < 4.78 is 11.4. The van der Waals surface area contributed by atoms with Crippen LogP contribution in [0.1, 0.15) is 18.4 Å². The van der Waals surface area contributed by atoms with Crippen LogP contribution in [0.2, 0.25) is 0 Å². The Hall–Kier alpha value is -1.30. The van der Waals surface area contributed by atoms with Gasteiger partial charge in [-0.05, 0) is 18.2 Å². The number of aromatic hydroxyl groups is 1. The summed E-state index contributed by atoms with van der Waals surface area (Å²) in [5.74, 6) is -0.0308. The van der Waals surface area contributed by atoms with Gasteiger partial charge in [0.15, 0.2) is 5.79 Å². The maximum absolute atomic E-state index is 9.84. The van der Waals surface area contributed by atoms with E-state index in [4.69, 9.17) is 15.2 Å². The number of likely N-dealkylation sites (tertiary alicyclic amines) is 1. The van der Waals surface area contributed by atoms with Gasteiger partial charge in [-0.2, -0.15) is 0 Å². The molecular weight excluding hydrogens is 244 g/mol. The van der Waals surface area contributed by atoms with E-state index in [0.717, 1.165) is 31.5 Å². The first-order valence-electron chi connectivity index (χ1n) is 6.75. The summed E-state index contributed by atoms with van der Waals surface area (Å²) in [6.45, 7) is 3.95. The molecular formula is C14H20N2O3. The molecule has 2 aliphatic heterocycles. The van der Waals surface area contributed by atoms with Crippen LogP contribution in [0.3, 0.4) is 0 Å². The predicted octanol–water partition coefficient (Wildman–Crippen LogP) is 1.31. The van der Waals surface area contributed by atoms with Crippen molar-refractivity contribution in [2.24, 2.45) is 0 Å². The Labute approximate surface area is 112 Å². The summed E-state index contributed by atoms with van der Waals surface area (Å²) >= 11 is 0. The summed E-state index contributed by atoms with van der Waals surface area (Å²) in [5, 5.41) is 9.84. The lowest BCUT2D eigenvalue weighted by molar-refractivity contribution is -0.185. The highest BCUT2D eigenvalue weighted by molar-refractivity contribution is 5.47. The standard InChI is InChI=1S/C14H20N2O3/c15-12-1-2-13(17)11(9-12)10-16-5-3-14(4-6-16)18-7-8-19-14/h1-2,9,17H,3-8,10,15H2. The number of benzene rings is 1. The monoisotopic (exact) mass is 264 g/mol. The molecule has 19 heavy (non-hydrogen) atoms. The molecule has 3 rings (SSSR count). The molecule has 5 heteroatoms. The second-order valence-electron chi connectivity index (χ2n) is 5.27. The minimum absolute atomic E-state index is 0.308. The van der Waals surface area contributed by atoms with Crippen molar-refractivity contribution in [1.82, 2.24) is 4.90 Å². The van der Waals surface area contributed by atoms with Gasteiger partial charge in [0.25, 0.3) is 0 Å². The van der Waals surface area contributed by atoms with Crippen molar-refractivity contribution in [3.8, 4) is 5.75 Å². The third kappa shape index (κ3) is 2.68. The smallest absolute Gasteiger partial charge is 0.170 e. The van der Waals surface area contributed by atoms with E-state index in [1.54, 1.807) is 12.1 Å². The molecule has 0 saturated carbocycles. The predicted molar refractivity (Wildman–Crippen MR) is 71.7 cm³/mol. The van der Waals surface area contributed by atoms with Gasteiger partial charge >= 0.3 is 0 Å². The summed E-state index contributed by atoms with van der Waals surface area (Å²) in [6.07, 6.45) is 1.77. The maximum atomic E-state index is 9.84. The highest BCUT2D eigenvalue weighted by Gasteiger charge is 2.39. The number of phenolic OH excluding ortho intramolecular Hbond substituents is 1. The van der Waals surface area contributed by atoms with Crippen LogP contribution in [-0.4, -0.2) is 42.1 Å². The van der Waals surface area contributed by atoms with Crippen molar-refractivity contribution in [3.05, 3.63) is 23.8 Å². The number of phenols is 1. The number of piperidine rings is 1. The third-order valence-corrected chi connectivity index (χ3v) is 3.93. The zero-order valence-electron chi connectivity index (χ0n) is 11.0. The van der Waals surface area contributed by atoms with Gasteiger partial charge in [-0.15, -0.1) is 0 Å². The minimum atomic E-state index is -0.339. The first kappa shape index (κ1) is 12.7. The first-order valence-corrected chi connectivity index (χ1v) is 6.75. The molecule has 2 aliphatic rings. The van der Waals surface area contributed by atoms with Crippen LogP contribution >= 0.6 is 0 Å². The lowest BCUT2D eigenvalue weighted by Crippen LogP contribution is -2.44. The molecule has 2 fully saturated rings. The molecule has 2 heterocycles. The van der Waals surface area contributed by atoms with Crippen LogP contribution in [0, 0.1) is 0 Å². The number of ether oxygens (including phenoxy) is 2. The minimum Gasteiger partial charge on any atom is -0.508 e. The van der Waals surface area contributed by atoms with E-state index in [-0.39, 0.29) is 5.79 Å². The Morgan fingerprint density at radius 2 is 1.89 bits per heavy atom. The number of nitrogens with two attached hydrogens (primary N) is 1. The molecule has 0 aliphatic carbocycles. The Bertz CT molecular complexity index is 448. The molecule has 1 aromatic rings. The van der Waals surface area contributed by atoms with Crippen LogP contribution < -0.4 is 5.73 Å². The van der Waals surface area contributed by atoms with Crippen molar-refractivity contribution in [2.45, 2.75) is 25.2 Å².